The molecule has 0 radical (unpaired) electrons. The predicted molar refractivity (Wildman–Crippen MR) is 105 cm³/mol. The number of Topliss-reactive ketones (excluding diaryl/α,β-unsaturated/α-hetero) is 1. The zero-order valence-corrected chi connectivity index (χ0v) is 15.5. The van der Waals surface area contributed by atoms with E-state index in [4.69, 9.17) is 0 Å². The minimum atomic E-state index is 0.135. The number of anilines is 1. The summed E-state index contributed by atoms with van der Waals surface area (Å²) in [5, 5.41) is 0.812. The maximum absolute atomic E-state index is 12.7. The Morgan fingerprint density at radius 3 is 2.88 bits per heavy atom. The second-order valence-electron chi connectivity index (χ2n) is 5.71. The fraction of sp³-hybridized carbons (Fsp3) is 0.158. The van der Waals surface area contributed by atoms with Crippen molar-refractivity contribution in [1.82, 2.24) is 4.98 Å². The summed E-state index contributed by atoms with van der Waals surface area (Å²) in [6.07, 6.45) is 2.41. The Hall–Kier alpha value is -1.98. The van der Waals surface area contributed by atoms with Gasteiger partial charge in [0.15, 0.2) is 5.78 Å². The number of thiazole rings is 1. The molecule has 3 aromatic rings. The molecule has 1 heterocycles. The number of hydrogen-bond acceptors (Lipinski definition) is 4. The number of aromatic nitrogens is 1. The van der Waals surface area contributed by atoms with Crippen molar-refractivity contribution >= 4 is 60.8 Å². The summed E-state index contributed by atoms with van der Waals surface area (Å²) in [6, 6.07) is 14.2. The summed E-state index contributed by atoms with van der Waals surface area (Å²) in [5.41, 5.74) is 4.92. The maximum Gasteiger partial charge on any atom is 0.170 e. The molecule has 1 aliphatic rings. The summed E-state index contributed by atoms with van der Waals surface area (Å²) in [5.74, 6) is 0.135. The highest BCUT2D eigenvalue weighted by Gasteiger charge is 2.23. The average Bonchev–Trinajstić information content (AvgIpc) is 3.03. The van der Waals surface area contributed by atoms with Gasteiger partial charge in [-0.2, -0.15) is 0 Å². The van der Waals surface area contributed by atoms with Crippen LogP contribution in [0.3, 0.4) is 0 Å². The van der Waals surface area contributed by atoms with E-state index < -0.39 is 0 Å². The standard InChI is InChI=1S/C19H15BrN2OS/c1-2-22(20)14-8-7-12-10-15(17(23)11-13(12)9-14)19-21-16-5-3-4-6-18(16)24-19/h3-10H,2,11H2,1H3. The lowest BCUT2D eigenvalue weighted by atomic mass is 9.91. The number of benzene rings is 2. The molecule has 120 valence electrons. The van der Waals surface area contributed by atoms with Crippen LogP contribution in [0.4, 0.5) is 5.69 Å². The molecule has 1 aliphatic carbocycles. The molecule has 0 amide bonds. The van der Waals surface area contributed by atoms with Crippen molar-refractivity contribution in [3.05, 3.63) is 58.6 Å². The predicted octanol–water partition coefficient (Wildman–Crippen LogP) is 5.10. The topological polar surface area (TPSA) is 33.2 Å². The first-order valence-electron chi connectivity index (χ1n) is 7.83. The molecular formula is C19H15BrN2OS. The molecule has 0 N–H and O–H groups in total. The van der Waals surface area contributed by atoms with E-state index in [1.807, 2.05) is 34.3 Å². The van der Waals surface area contributed by atoms with Gasteiger partial charge in [0.25, 0.3) is 0 Å². The van der Waals surface area contributed by atoms with E-state index in [0.29, 0.717) is 6.42 Å². The number of para-hydroxylation sites is 1. The number of fused-ring (bicyclic) bond motifs is 2. The minimum Gasteiger partial charge on any atom is -0.309 e. The molecule has 5 heteroatoms. The Morgan fingerprint density at radius 2 is 2.08 bits per heavy atom. The molecule has 2 aromatic carbocycles. The van der Waals surface area contributed by atoms with Crippen molar-refractivity contribution in [2.75, 3.05) is 10.5 Å². The normalized spacial score (nSPS) is 13.8. The molecule has 0 atom stereocenters. The number of halogens is 1. The number of allylic oxidation sites excluding steroid dienone is 1. The van der Waals surface area contributed by atoms with E-state index in [-0.39, 0.29) is 5.78 Å². The van der Waals surface area contributed by atoms with Crippen molar-refractivity contribution in [2.45, 2.75) is 13.3 Å². The summed E-state index contributed by atoms with van der Waals surface area (Å²) in [4.78, 5) is 17.3. The van der Waals surface area contributed by atoms with E-state index >= 15 is 0 Å². The summed E-state index contributed by atoms with van der Waals surface area (Å²) >= 11 is 5.10. The fourth-order valence-electron chi connectivity index (χ4n) is 2.89. The Kier molecular flexibility index (Phi) is 3.98. The highest BCUT2D eigenvalue weighted by atomic mass is 79.9. The molecule has 4 rings (SSSR count). The van der Waals surface area contributed by atoms with Gasteiger partial charge >= 0.3 is 0 Å². The second-order valence-corrected chi connectivity index (χ2v) is 7.59. The highest BCUT2D eigenvalue weighted by Crippen LogP contribution is 2.34. The number of nitrogens with zero attached hydrogens (tertiary/aromatic N) is 2. The molecule has 1 aromatic heterocycles. The van der Waals surface area contributed by atoms with Gasteiger partial charge in [0.05, 0.1) is 15.8 Å². The third-order valence-electron chi connectivity index (χ3n) is 4.16. The molecule has 0 unspecified atom stereocenters. The van der Waals surface area contributed by atoms with E-state index in [9.17, 15) is 4.79 Å². The van der Waals surface area contributed by atoms with E-state index in [1.54, 1.807) is 11.3 Å². The summed E-state index contributed by atoms with van der Waals surface area (Å²) < 4.78 is 3.10. The van der Waals surface area contributed by atoms with Crippen molar-refractivity contribution in [3.8, 4) is 0 Å². The van der Waals surface area contributed by atoms with Gasteiger partial charge in [0, 0.05) is 34.8 Å². The van der Waals surface area contributed by atoms with Crippen LogP contribution in [0.25, 0.3) is 21.9 Å². The van der Waals surface area contributed by atoms with Gasteiger partial charge in [0.1, 0.15) is 5.01 Å². The van der Waals surface area contributed by atoms with Gasteiger partial charge in [-0.15, -0.1) is 11.3 Å². The molecule has 0 aliphatic heterocycles. The van der Waals surface area contributed by atoms with Crippen molar-refractivity contribution in [2.24, 2.45) is 0 Å². The monoisotopic (exact) mass is 398 g/mol. The number of hydrogen-bond donors (Lipinski definition) is 0. The number of carbonyl (C=O) groups is 1. The first-order valence-corrected chi connectivity index (χ1v) is 9.35. The molecular weight excluding hydrogens is 384 g/mol. The van der Waals surface area contributed by atoms with Gasteiger partial charge in [-0.25, -0.2) is 4.98 Å². The Labute approximate surface area is 153 Å². The van der Waals surface area contributed by atoms with Crippen LogP contribution in [-0.4, -0.2) is 17.3 Å². The molecule has 0 spiro atoms. The molecule has 0 fully saturated rings. The molecule has 0 saturated carbocycles. The van der Waals surface area contributed by atoms with Crippen LogP contribution in [0, 0.1) is 0 Å². The minimum absolute atomic E-state index is 0.135. The third-order valence-corrected chi connectivity index (χ3v) is 6.14. The van der Waals surface area contributed by atoms with Crippen LogP contribution in [0.2, 0.25) is 0 Å². The lowest BCUT2D eigenvalue weighted by Gasteiger charge is -2.19. The average molecular weight is 399 g/mol. The first-order chi connectivity index (χ1) is 11.7. The Balaban J connectivity index is 1.77. The molecule has 0 bridgehead atoms. The lowest BCUT2D eigenvalue weighted by Crippen LogP contribution is -2.13. The maximum atomic E-state index is 12.7. The SMILES string of the molecule is CCN(Br)c1ccc2c(c1)CC(=O)C(c1nc3ccccc3s1)=C2. The van der Waals surface area contributed by atoms with Crippen LogP contribution in [0.15, 0.2) is 42.5 Å². The first kappa shape index (κ1) is 15.5. The zero-order valence-electron chi connectivity index (χ0n) is 13.1. The summed E-state index contributed by atoms with van der Waals surface area (Å²) in [6.45, 7) is 2.93. The van der Waals surface area contributed by atoms with Crippen LogP contribution < -0.4 is 3.93 Å². The van der Waals surface area contributed by atoms with Crippen LogP contribution in [-0.2, 0) is 11.2 Å². The molecule has 3 nitrogen and oxygen atoms in total. The van der Waals surface area contributed by atoms with Crippen molar-refractivity contribution in [3.63, 3.8) is 0 Å². The number of carbonyl (C=O) groups excluding carboxylic acids is 1. The largest absolute Gasteiger partial charge is 0.309 e. The quantitative estimate of drug-likeness (QED) is 0.575. The Morgan fingerprint density at radius 1 is 1.25 bits per heavy atom. The van der Waals surface area contributed by atoms with Crippen LogP contribution in [0.5, 0.6) is 0 Å². The fourth-order valence-corrected chi connectivity index (χ4v) is 4.11. The molecule has 0 saturated heterocycles. The Bertz CT molecular complexity index is 943. The van der Waals surface area contributed by atoms with Crippen LogP contribution >= 0.6 is 27.5 Å². The van der Waals surface area contributed by atoms with E-state index in [0.717, 1.165) is 44.2 Å². The zero-order chi connectivity index (χ0) is 16.7. The van der Waals surface area contributed by atoms with Gasteiger partial charge in [-0.3, -0.25) is 4.79 Å². The summed E-state index contributed by atoms with van der Waals surface area (Å²) in [7, 11) is 0. The second kappa shape index (κ2) is 6.15. The van der Waals surface area contributed by atoms with Gasteiger partial charge in [0.2, 0.25) is 0 Å². The van der Waals surface area contributed by atoms with Gasteiger partial charge < -0.3 is 3.93 Å². The van der Waals surface area contributed by atoms with Crippen molar-refractivity contribution in [1.29, 1.82) is 0 Å². The highest BCUT2D eigenvalue weighted by molar-refractivity contribution is 9.10. The molecule has 24 heavy (non-hydrogen) atoms. The smallest absolute Gasteiger partial charge is 0.170 e. The van der Waals surface area contributed by atoms with Gasteiger partial charge in [-0.05, 0) is 48.4 Å². The van der Waals surface area contributed by atoms with Crippen molar-refractivity contribution < 1.29 is 4.79 Å². The lowest BCUT2D eigenvalue weighted by molar-refractivity contribution is -0.113. The van der Waals surface area contributed by atoms with E-state index in [2.05, 4.69) is 46.3 Å². The number of rotatable bonds is 3. The number of ketones is 1. The van der Waals surface area contributed by atoms with Crippen LogP contribution in [0.1, 0.15) is 23.1 Å². The van der Waals surface area contributed by atoms with Gasteiger partial charge in [-0.1, -0.05) is 18.2 Å². The third kappa shape index (κ3) is 2.68. The van der Waals surface area contributed by atoms with E-state index in [1.165, 1.54) is 0 Å².